The van der Waals surface area contributed by atoms with Gasteiger partial charge in [-0.15, -0.1) is 11.3 Å². The molecule has 7 heteroatoms. The van der Waals surface area contributed by atoms with Gasteiger partial charge < -0.3 is 14.6 Å². The molecule has 2 atom stereocenters. The molecule has 1 unspecified atom stereocenters. The van der Waals surface area contributed by atoms with Crippen LogP contribution in [0.25, 0.3) is 10.2 Å². The van der Waals surface area contributed by atoms with Gasteiger partial charge in [0.25, 0.3) is 5.56 Å². The number of carbonyl (C=O) groups excluding carboxylic acids is 1. The first-order chi connectivity index (χ1) is 13.6. The van der Waals surface area contributed by atoms with E-state index >= 15 is 0 Å². The number of benzene rings is 1. The number of quaternary nitrogens is 1. The third-order valence-electron chi connectivity index (χ3n) is 5.96. The highest BCUT2D eigenvalue weighted by Gasteiger charge is 2.36. The van der Waals surface area contributed by atoms with E-state index < -0.39 is 0 Å². The maximum absolute atomic E-state index is 12.7. The fourth-order valence-electron chi connectivity index (χ4n) is 4.58. The number of hydrogen-bond acceptors (Lipinski definition) is 5. The molecule has 2 aromatic heterocycles. The first kappa shape index (κ1) is 17.6. The molecule has 0 bridgehead atoms. The van der Waals surface area contributed by atoms with Gasteiger partial charge in [0.05, 0.1) is 12.5 Å². The van der Waals surface area contributed by atoms with E-state index in [2.05, 4.69) is 17.1 Å². The lowest BCUT2D eigenvalue weighted by Crippen LogP contribution is -3.15. The van der Waals surface area contributed by atoms with Crippen LogP contribution in [0, 0.1) is 0 Å². The van der Waals surface area contributed by atoms with E-state index in [1.54, 1.807) is 11.3 Å². The van der Waals surface area contributed by atoms with Gasteiger partial charge in [-0.3, -0.25) is 4.79 Å². The molecule has 1 aliphatic carbocycles. The van der Waals surface area contributed by atoms with Crippen molar-refractivity contribution in [3.05, 3.63) is 62.0 Å². The summed E-state index contributed by atoms with van der Waals surface area (Å²) < 4.78 is 5.06. The maximum Gasteiger partial charge on any atom is 0.365 e. The number of nitrogens with zero attached hydrogens (tertiary/aromatic N) is 1. The molecule has 0 fully saturated rings. The first-order valence-corrected chi connectivity index (χ1v) is 10.5. The molecule has 2 aliphatic rings. The zero-order chi connectivity index (χ0) is 19.3. The largest absolute Gasteiger partial charge is 0.465 e. The number of aromatic nitrogens is 2. The number of rotatable bonds is 3. The van der Waals surface area contributed by atoms with Crippen molar-refractivity contribution in [3.63, 3.8) is 0 Å². The fraction of sp³-hybridized carbons (Fsp3) is 0.381. The van der Waals surface area contributed by atoms with Crippen LogP contribution in [0.1, 0.15) is 33.8 Å². The van der Waals surface area contributed by atoms with Gasteiger partial charge in [-0.1, -0.05) is 24.3 Å². The number of hydrogen-bond donors (Lipinski definition) is 2. The molecular formula is C21H22N3O3S+. The molecule has 6 nitrogen and oxygen atoms in total. The summed E-state index contributed by atoms with van der Waals surface area (Å²) in [5.41, 5.74) is 3.56. The second kappa shape index (κ2) is 6.83. The van der Waals surface area contributed by atoms with Crippen LogP contribution in [0.3, 0.4) is 0 Å². The van der Waals surface area contributed by atoms with E-state index in [1.807, 2.05) is 12.1 Å². The van der Waals surface area contributed by atoms with Crippen molar-refractivity contribution < 1.29 is 14.4 Å². The number of carbonyl (C=O) groups is 1. The Labute approximate surface area is 166 Å². The number of esters is 1. The number of aromatic amines is 1. The van der Waals surface area contributed by atoms with Gasteiger partial charge in [-0.25, -0.2) is 9.78 Å². The third-order valence-corrected chi connectivity index (χ3v) is 7.14. The molecule has 0 amide bonds. The van der Waals surface area contributed by atoms with Crippen LogP contribution >= 0.6 is 11.3 Å². The van der Waals surface area contributed by atoms with Crippen LogP contribution in [0.2, 0.25) is 0 Å². The summed E-state index contributed by atoms with van der Waals surface area (Å²) in [7, 11) is 1.43. The Bertz CT molecular complexity index is 1130. The van der Waals surface area contributed by atoms with E-state index in [-0.39, 0.29) is 17.6 Å². The molecule has 0 saturated heterocycles. The molecule has 3 heterocycles. The van der Waals surface area contributed by atoms with Crippen molar-refractivity contribution in [3.8, 4) is 0 Å². The Morgan fingerprint density at radius 3 is 2.96 bits per heavy atom. The van der Waals surface area contributed by atoms with Gasteiger partial charge in [0.1, 0.15) is 17.9 Å². The second-order valence-corrected chi connectivity index (χ2v) is 8.69. The van der Waals surface area contributed by atoms with Crippen molar-refractivity contribution >= 4 is 27.5 Å². The zero-order valence-corrected chi connectivity index (χ0v) is 16.5. The second-order valence-electron chi connectivity index (χ2n) is 7.61. The molecule has 1 aliphatic heterocycles. The monoisotopic (exact) mass is 396 g/mol. The van der Waals surface area contributed by atoms with E-state index in [4.69, 9.17) is 9.72 Å². The number of thiophene rings is 1. The molecule has 3 aromatic rings. The van der Waals surface area contributed by atoms with Crippen LogP contribution in [0.15, 0.2) is 29.1 Å². The Morgan fingerprint density at radius 1 is 1.32 bits per heavy atom. The normalized spacial score (nSPS) is 20.8. The molecule has 0 saturated carbocycles. The molecule has 2 N–H and O–H groups in total. The average Bonchev–Trinajstić information content (AvgIpc) is 3.27. The summed E-state index contributed by atoms with van der Waals surface area (Å²) in [5, 5.41) is 0.768. The number of ether oxygens (including phenoxy) is 1. The van der Waals surface area contributed by atoms with E-state index in [0.717, 1.165) is 34.4 Å². The zero-order valence-electron chi connectivity index (χ0n) is 15.7. The maximum atomic E-state index is 12.7. The summed E-state index contributed by atoms with van der Waals surface area (Å²) in [5.74, 6) is 0.420. The highest BCUT2D eigenvalue weighted by molar-refractivity contribution is 7.18. The molecule has 5 rings (SSSR count). The summed E-state index contributed by atoms with van der Waals surface area (Å²) in [6.45, 7) is 1.19. The standard InChI is InChI=1S/C21H21N3O3S/c1-27-21(26)15-9-12-5-2-3-6-13(12)10-24(15)11-17-22-19(25)18-14-7-4-8-16(14)28-20(18)23-17/h2-3,5-6,15H,4,7-11H2,1H3,(H,22,23,25)/p+1/t15-/m1/s1. The number of fused-ring (bicyclic) bond motifs is 4. The van der Waals surface area contributed by atoms with Crippen LogP contribution in [0.5, 0.6) is 0 Å². The van der Waals surface area contributed by atoms with Crippen LogP contribution in [0.4, 0.5) is 0 Å². The lowest BCUT2D eigenvalue weighted by atomic mass is 9.94. The number of methoxy groups -OCH3 is 1. The third kappa shape index (κ3) is 2.86. The number of aryl methyl sites for hydroxylation is 2. The van der Waals surface area contributed by atoms with Crippen molar-refractivity contribution in [2.75, 3.05) is 7.11 Å². The van der Waals surface area contributed by atoms with Crippen molar-refractivity contribution in [1.29, 1.82) is 0 Å². The molecule has 0 spiro atoms. The molecule has 28 heavy (non-hydrogen) atoms. The first-order valence-electron chi connectivity index (χ1n) is 9.66. The Kier molecular flexibility index (Phi) is 4.29. The number of H-pyrrole nitrogens is 1. The lowest BCUT2D eigenvalue weighted by Gasteiger charge is -2.31. The smallest absolute Gasteiger partial charge is 0.365 e. The minimum Gasteiger partial charge on any atom is -0.465 e. The van der Waals surface area contributed by atoms with E-state index in [9.17, 15) is 9.59 Å². The highest BCUT2D eigenvalue weighted by atomic mass is 32.1. The van der Waals surface area contributed by atoms with Crippen LogP contribution in [-0.4, -0.2) is 29.1 Å². The highest BCUT2D eigenvalue weighted by Crippen LogP contribution is 2.34. The van der Waals surface area contributed by atoms with Crippen molar-refractivity contribution in [1.82, 2.24) is 9.97 Å². The topological polar surface area (TPSA) is 76.5 Å². The molecule has 144 valence electrons. The lowest BCUT2D eigenvalue weighted by molar-refractivity contribution is -0.946. The molecule has 0 radical (unpaired) electrons. The number of nitrogens with one attached hydrogen (secondary N) is 2. The van der Waals surface area contributed by atoms with E-state index in [1.165, 1.54) is 28.7 Å². The predicted octanol–water partition coefficient (Wildman–Crippen LogP) is 1.16. The summed E-state index contributed by atoms with van der Waals surface area (Å²) in [6, 6.07) is 7.90. The predicted molar refractivity (Wildman–Crippen MR) is 107 cm³/mol. The Balaban J connectivity index is 1.50. The Morgan fingerprint density at radius 2 is 2.14 bits per heavy atom. The minimum absolute atomic E-state index is 0.0502. The van der Waals surface area contributed by atoms with Crippen molar-refractivity contribution in [2.24, 2.45) is 0 Å². The summed E-state index contributed by atoms with van der Waals surface area (Å²) in [4.78, 5) is 36.1. The van der Waals surface area contributed by atoms with Crippen LogP contribution < -0.4 is 10.5 Å². The summed E-state index contributed by atoms with van der Waals surface area (Å²) >= 11 is 1.64. The van der Waals surface area contributed by atoms with Gasteiger partial charge in [0, 0.05) is 16.9 Å². The average molecular weight is 396 g/mol. The quantitative estimate of drug-likeness (QED) is 0.652. The SMILES string of the molecule is COC(=O)[C@H]1Cc2ccccc2C[NH+]1Cc1nc2sc3c(c2c(=O)[nH]1)CCC3. The van der Waals surface area contributed by atoms with Gasteiger partial charge in [0.15, 0.2) is 11.9 Å². The van der Waals surface area contributed by atoms with Crippen molar-refractivity contribution in [2.45, 2.75) is 44.8 Å². The van der Waals surface area contributed by atoms with E-state index in [0.29, 0.717) is 25.3 Å². The van der Waals surface area contributed by atoms with Gasteiger partial charge in [0.2, 0.25) is 0 Å². The van der Waals surface area contributed by atoms with Gasteiger partial charge >= 0.3 is 5.97 Å². The minimum atomic E-state index is -0.297. The Hall–Kier alpha value is -2.51. The van der Waals surface area contributed by atoms with Gasteiger partial charge in [-0.2, -0.15) is 0 Å². The molecular weight excluding hydrogens is 374 g/mol. The summed E-state index contributed by atoms with van der Waals surface area (Å²) in [6.07, 6.45) is 3.77. The molecule has 1 aromatic carbocycles. The van der Waals surface area contributed by atoms with Crippen LogP contribution in [-0.2, 0) is 41.9 Å². The van der Waals surface area contributed by atoms with Gasteiger partial charge in [-0.05, 0) is 30.4 Å². The fourth-order valence-corrected chi connectivity index (χ4v) is 5.87.